The maximum absolute atomic E-state index is 3.56. The van der Waals surface area contributed by atoms with Crippen molar-refractivity contribution in [3.63, 3.8) is 0 Å². The van der Waals surface area contributed by atoms with Gasteiger partial charge in [-0.2, -0.15) is 0 Å². The number of hydrogen-bond donors (Lipinski definition) is 1. The highest BCUT2D eigenvalue weighted by Crippen LogP contribution is 2.33. The predicted octanol–water partition coefficient (Wildman–Crippen LogP) is 3.51. The molecule has 0 bridgehead atoms. The Morgan fingerprint density at radius 3 is 2.68 bits per heavy atom. The fourth-order valence-corrected chi connectivity index (χ4v) is 3.14. The van der Waals surface area contributed by atoms with Crippen molar-refractivity contribution < 1.29 is 0 Å². The maximum Gasteiger partial charge on any atom is 0.0483 e. The monoisotopic (exact) mass is 256 g/mol. The van der Waals surface area contributed by atoms with Crippen molar-refractivity contribution in [1.29, 1.82) is 0 Å². The van der Waals surface area contributed by atoms with Crippen molar-refractivity contribution in [3.8, 4) is 0 Å². The summed E-state index contributed by atoms with van der Waals surface area (Å²) in [7, 11) is 2.19. The lowest BCUT2D eigenvalue weighted by atomic mass is 9.86. The van der Waals surface area contributed by atoms with Crippen molar-refractivity contribution in [3.05, 3.63) is 35.0 Å². The number of fused-ring (bicyclic) bond motifs is 3. The van der Waals surface area contributed by atoms with E-state index in [1.807, 2.05) is 0 Å². The topological polar surface area (TPSA) is 17.0 Å². The molecular weight excluding hydrogens is 232 g/mol. The largest absolute Gasteiger partial charge is 0.346 e. The molecule has 1 N–H and O–H groups in total. The Morgan fingerprint density at radius 1 is 1.26 bits per heavy atom. The van der Waals surface area contributed by atoms with Gasteiger partial charge in [0.1, 0.15) is 0 Å². The highest BCUT2D eigenvalue weighted by atomic mass is 15.0. The molecule has 1 unspecified atom stereocenters. The van der Waals surface area contributed by atoms with Crippen molar-refractivity contribution in [2.24, 2.45) is 7.05 Å². The molecule has 2 aromatic rings. The molecule has 102 valence electrons. The van der Waals surface area contributed by atoms with Crippen LogP contribution < -0.4 is 5.32 Å². The second-order valence-corrected chi connectivity index (χ2v) is 6.95. The van der Waals surface area contributed by atoms with E-state index >= 15 is 0 Å². The minimum Gasteiger partial charge on any atom is -0.346 e. The van der Waals surface area contributed by atoms with Gasteiger partial charge in [0.25, 0.3) is 0 Å². The summed E-state index contributed by atoms with van der Waals surface area (Å²) in [6, 6.07) is 7.56. The van der Waals surface area contributed by atoms with E-state index in [4.69, 9.17) is 0 Å². The first kappa shape index (κ1) is 12.7. The van der Waals surface area contributed by atoms with Crippen LogP contribution in [0.15, 0.2) is 18.2 Å². The van der Waals surface area contributed by atoms with Gasteiger partial charge in [0.15, 0.2) is 0 Å². The highest BCUT2D eigenvalue weighted by Gasteiger charge is 2.23. The minimum atomic E-state index is 0.218. The molecule has 1 aliphatic rings. The SMILES string of the molecule is CC1Cc2c(n(C)c3ccc(C(C)(C)C)cc23)CN1. The fraction of sp³-hybridized carbons (Fsp3) is 0.529. The third-order valence-corrected chi connectivity index (χ3v) is 4.43. The summed E-state index contributed by atoms with van der Waals surface area (Å²) in [5.41, 5.74) is 6.03. The van der Waals surface area contributed by atoms with Gasteiger partial charge in [-0.3, -0.25) is 0 Å². The number of nitrogens with zero attached hydrogens (tertiary/aromatic N) is 1. The summed E-state index contributed by atoms with van der Waals surface area (Å²) in [6.07, 6.45) is 1.14. The molecule has 0 saturated heterocycles. The molecule has 19 heavy (non-hydrogen) atoms. The van der Waals surface area contributed by atoms with Gasteiger partial charge in [0.05, 0.1) is 0 Å². The molecule has 0 fully saturated rings. The zero-order valence-electron chi connectivity index (χ0n) is 12.7. The van der Waals surface area contributed by atoms with Gasteiger partial charge in [0.2, 0.25) is 0 Å². The third kappa shape index (κ3) is 1.99. The summed E-state index contributed by atoms with van der Waals surface area (Å²) >= 11 is 0. The van der Waals surface area contributed by atoms with Gasteiger partial charge in [-0.15, -0.1) is 0 Å². The van der Waals surface area contributed by atoms with Crippen LogP contribution in [0.5, 0.6) is 0 Å². The van der Waals surface area contributed by atoms with Gasteiger partial charge in [0, 0.05) is 36.2 Å². The number of hydrogen-bond acceptors (Lipinski definition) is 1. The van der Waals surface area contributed by atoms with Crippen LogP contribution in [0.3, 0.4) is 0 Å². The maximum atomic E-state index is 3.56. The Morgan fingerprint density at radius 2 is 2.00 bits per heavy atom. The van der Waals surface area contributed by atoms with E-state index in [1.54, 1.807) is 5.56 Å². The van der Waals surface area contributed by atoms with Crippen LogP contribution in [0.25, 0.3) is 10.9 Å². The van der Waals surface area contributed by atoms with Crippen molar-refractivity contribution in [1.82, 2.24) is 9.88 Å². The average Bonchev–Trinajstić information content (AvgIpc) is 2.61. The van der Waals surface area contributed by atoms with Crippen LogP contribution in [-0.2, 0) is 25.4 Å². The lowest BCUT2D eigenvalue weighted by Crippen LogP contribution is -2.33. The van der Waals surface area contributed by atoms with Crippen LogP contribution >= 0.6 is 0 Å². The number of nitrogens with one attached hydrogen (secondary N) is 1. The van der Waals surface area contributed by atoms with Crippen LogP contribution in [0.1, 0.15) is 44.5 Å². The molecule has 3 rings (SSSR count). The average molecular weight is 256 g/mol. The normalized spacial score (nSPS) is 19.7. The predicted molar refractivity (Wildman–Crippen MR) is 81.6 cm³/mol. The third-order valence-electron chi connectivity index (χ3n) is 4.43. The molecule has 1 aliphatic heterocycles. The lowest BCUT2D eigenvalue weighted by molar-refractivity contribution is 0.501. The molecule has 0 radical (unpaired) electrons. The number of rotatable bonds is 0. The number of benzene rings is 1. The summed E-state index contributed by atoms with van der Waals surface area (Å²) < 4.78 is 2.36. The Balaban J connectivity index is 2.25. The first-order valence-electron chi connectivity index (χ1n) is 7.22. The first-order chi connectivity index (χ1) is 8.88. The molecule has 2 heterocycles. The molecule has 1 aromatic heterocycles. The van der Waals surface area contributed by atoms with E-state index < -0.39 is 0 Å². The quantitative estimate of drug-likeness (QED) is 0.763. The fourth-order valence-electron chi connectivity index (χ4n) is 3.14. The smallest absolute Gasteiger partial charge is 0.0483 e. The molecule has 2 heteroatoms. The van der Waals surface area contributed by atoms with Gasteiger partial charge >= 0.3 is 0 Å². The van der Waals surface area contributed by atoms with E-state index in [1.165, 1.54) is 22.2 Å². The van der Waals surface area contributed by atoms with Crippen molar-refractivity contribution >= 4 is 10.9 Å². The van der Waals surface area contributed by atoms with Gasteiger partial charge in [-0.1, -0.05) is 26.8 Å². The molecule has 0 spiro atoms. The van der Waals surface area contributed by atoms with Gasteiger partial charge in [-0.25, -0.2) is 0 Å². The van der Waals surface area contributed by atoms with E-state index in [9.17, 15) is 0 Å². The van der Waals surface area contributed by atoms with Gasteiger partial charge in [-0.05, 0) is 42.0 Å². The lowest BCUT2D eigenvalue weighted by Gasteiger charge is -2.22. The molecule has 0 aliphatic carbocycles. The standard InChI is InChI=1S/C17H24N2/c1-11-8-13-14-9-12(17(2,3)4)6-7-15(14)19(5)16(13)10-18-11/h6-7,9,11,18H,8,10H2,1-5H3. The second-order valence-electron chi connectivity index (χ2n) is 6.95. The van der Waals surface area contributed by atoms with Crippen LogP contribution in [0.2, 0.25) is 0 Å². The van der Waals surface area contributed by atoms with Crippen LogP contribution in [-0.4, -0.2) is 10.6 Å². The van der Waals surface area contributed by atoms with E-state index in [2.05, 4.69) is 62.8 Å². The Hall–Kier alpha value is -1.28. The molecular formula is C17H24N2. The Labute approximate surface area is 115 Å². The molecule has 2 nitrogen and oxygen atoms in total. The summed E-state index contributed by atoms with van der Waals surface area (Å²) in [6.45, 7) is 10.1. The minimum absolute atomic E-state index is 0.218. The second kappa shape index (κ2) is 4.11. The van der Waals surface area contributed by atoms with Crippen LogP contribution in [0.4, 0.5) is 0 Å². The summed E-state index contributed by atoms with van der Waals surface area (Å²) in [4.78, 5) is 0. The van der Waals surface area contributed by atoms with Crippen molar-refractivity contribution in [2.75, 3.05) is 0 Å². The molecule has 0 saturated carbocycles. The number of aryl methyl sites for hydroxylation is 1. The number of aromatic nitrogens is 1. The zero-order chi connectivity index (χ0) is 13.8. The molecule has 1 aromatic carbocycles. The van der Waals surface area contributed by atoms with E-state index in [0.29, 0.717) is 6.04 Å². The Kier molecular flexibility index (Phi) is 2.75. The summed E-state index contributed by atoms with van der Waals surface area (Å²) in [5.74, 6) is 0. The van der Waals surface area contributed by atoms with E-state index in [0.717, 1.165) is 13.0 Å². The molecule has 0 amide bonds. The summed E-state index contributed by atoms with van der Waals surface area (Å²) in [5, 5.41) is 5.02. The Bertz CT molecular complexity index is 629. The van der Waals surface area contributed by atoms with Gasteiger partial charge < -0.3 is 9.88 Å². The zero-order valence-corrected chi connectivity index (χ0v) is 12.7. The highest BCUT2D eigenvalue weighted by molar-refractivity contribution is 5.86. The van der Waals surface area contributed by atoms with Crippen molar-refractivity contribution in [2.45, 2.75) is 52.1 Å². The van der Waals surface area contributed by atoms with Crippen LogP contribution in [0, 0.1) is 0 Å². The van der Waals surface area contributed by atoms with E-state index in [-0.39, 0.29) is 5.41 Å². The first-order valence-corrected chi connectivity index (χ1v) is 7.22. The molecule has 1 atom stereocenters.